The Bertz CT molecular complexity index is 830. The number of amides is 2. The smallest absolute Gasteiger partial charge is 0.411 e. The number of aromatic nitrogens is 2. The van der Waals surface area contributed by atoms with Crippen molar-refractivity contribution in [1.82, 2.24) is 9.97 Å². The van der Waals surface area contributed by atoms with E-state index in [1.807, 2.05) is 13.0 Å². The summed E-state index contributed by atoms with van der Waals surface area (Å²) in [5, 5.41) is 5.54. The van der Waals surface area contributed by atoms with E-state index >= 15 is 0 Å². The third-order valence-corrected chi connectivity index (χ3v) is 4.40. The number of nitrogens with two attached hydrogens (primary N) is 1. The Morgan fingerprint density at radius 2 is 2.19 bits per heavy atom. The van der Waals surface area contributed by atoms with Gasteiger partial charge in [0.15, 0.2) is 0 Å². The standard InChI is InChI=1S/C18H23N5O3/c1-10-16-12-8-7-11(21-18(25)26-2)9-14(12)22-15(24)6-4-3-5-13(19)17(20-10)23-16/h7-9,13H,3-6,19H2,1-2H3,(H,20,23)(H,21,25)(H,22,24). The lowest BCUT2D eigenvalue weighted by molar-refractivity contribution is -0.116. The Labute approximate surface area is 151 Å². The van der Waals surface area contributed by atoms with Crippen LogP contribution in [0.4, 0.5) is 16.2 Å². The second-order valence-electron chi connectivity index (χ2n) is 6.37. The summed E-state index contributed by atoms with van der Waals surface area (Å²) >= 11 is 0. The maximum Gasteiger partial charge on any atom is 0.411 e. The zero-order chi connectivity index (χ0) is 18.7. The molecule has 0 saturated carbocycles. The van der Waals surface area contributed by atoms with Crippen molar-refractivity contribution in [3.8, 4) is 11.3 Å². The van der Waals surface area contributed by atoms with Gasteiger partial charge in [0.05, 0.1) is 24.5 Å². The number of carbonyl (C=O) groups is 2. The number of anilines is 2. The molecule has 8 heteroatoms. The molecule has 1 aromatic heterocycles. The SMILES string of the molecule is COC(=O)Nc1ccc2c(c1)NC(=O)CCCCC(N)c1nc-2c(C)[nH]1. The number of ether oxygens (including phenoxy) is 1. The van der Waals surface area contributed by atoms with Crippen molar-refractivity contribution in [2.24, 2.45) is 5.73 Å². The Kier molecular flexibility index (Phi) is 5.22. The first-order chi connectivity index (χ1) is 12.5. The van der Waals surface area contributed by atoms with Gasteiger partial charge in [0.1, 0.15) is 5.82 Å². The van der Waals surface area contributed by atoms with E-state index in [-0.39, 0.29) is 11.9 Å². The van der Waals surface area contributed by atoms with Crippen molar-refractivity contribution < 1.29 is 14.3 Å². The van der Waals surface area contributed by atoms with Crippen LogP contribution < -0.4 is 16.4 Å². The molecular weight excluding hydrogens is 334 g/mol. The Balaban J connectivity index is 2.06. The first-order valence-electron chi connectivity index (χ1n) is 8.59. The lowest BCUT2D eigenvalue weighted by Crippen LogP contribution is -2.15. The number of hydrogen-bond donors (Lipinski definition) is 4. The Morgan fingerprint density at radius 3 is 2.96 bits per heavy atom. The molecule has 8 nitrogen and oxygen atoms in total. The van der Waals surface area contributed by atoms with Crippen LogP contribution in [0.3, 0.4) is 0 Å². The van der Waals surface area contributed by atoms with Crippen LogP contribution in [0.15, 0.2) is 18.2 Å². The number of imidazole rings is 1. The molecular formula is C18H23N5O3. The fourth-order valence-electron chi connectivity index (χ4n) is 3.02. The van der Waals surface area contributed by atoms with Crippen molar-refractivity contribution >= 4 is 23.4 Å². The first kappa shape index (κ1) is 17.9. The summed E-state index contributed by atoms with van der Waals surface area (Å²) < 4.78 is 4.62. The molecule has 0 fully saturated rings. The van der Waals surface area contributed by atoms with Crippen molar-refractivity contribution in [3.05, 3.63) is 29.7 Å². The third kappa shape index (κ3) is 3.85. The maximum absolute atomic E-state index is 12.3. The average molecular weight is 357 g/mol. The molecule has 0 spiro atoms. The molecule has 26 heavy (non-hydrogen) atoms. The highest BCUT2D eigenvalue weighted by molar-refractivity contribution is 5.97. The minimum absolute atomic E-state index is 0.0796. The van der Waals surface area contributed by atoms with Crippen molar-refractivity contribution in [3.63, 3.8) is 0 Å². The fourth-order valence-corrected chi connectivity index (χ4v) is 3.02. The summed E-state index contributed by atoms with van der Waals surface area (Å²) in [4.78, 5) is 31.7. The molecule has 1 unspecified atom stereocenters. The van der Waals surface area contributed by atoms with Gasteiger partial charge in [0.2, 0.25) is 5.91 Å². The summed E-state index contributed by atoms with van der Waals surface area (Å²) in [5.74, 6) is 0.663. The number of aryl methyl sites for hydroxylation is 1. The zero-order valence-electron chi connectivity index (χ0n) is 14.9. The topological polar surface area (TPSA) is 122 Å². The summed E-state index contributed by atoms with van der Waals surface area (Å²) in [6.45, 7) is 1.92. The number of benzene rings is 1. The molecule has 1 aliphatic rings. The van der Waals surface area contributed by atoms with E-state index in [1.54, 1.807) is 12.1 Å². The lowest BCUT2D eigenvalue weighted by Gasteiger charge is -2.14. The van der Waals surface area contributed by atoms with Crippen LogP contribution in [0.2, 0.25) is 0 Å². The van der Waals surface area contributed by atoms with Gasteiger partial charge in [-0.25, -0.2) is 9.78 Å². The van der Waals surface area contributed by atoms with Gasteiger partial charge < -0.3 is 20.8 Å². The summed E-state index contributed by atoms with van der Waals surface area (Å²) in [6.07, 6.45) is 2.21. The van der Waals surface area contributed by atoms with Gasteiger partial charge in [-0.3, -0.25) is 10.1 Å². The van der Waals surface area contributed by atoms with Crippen molar-refractivity contribution in [2.45, 2.75) is 38.6 Å². The predicted molar refractivity (Wildman–Crippen MR) is 98.8 cm³/mol. The fraction of sp³-hybridized carbons (Fsp3) is 0.389. The number of rotatable bonds is 1. The largest absolute Gasteiger partial charge is 0.453 e. The molecule has 2 aromatic rings. The molecule has 0 saturated heterocycles. The quantitative estimate of drug-likeness (QED) is 0.625. The van der Waals surface area contributed by atoms with E-state index in [1.165, 1.54) is 7.11 Å². The van der Waals surface area contributed by atoms with Gasteiger partial charge in [-0.2, -0.15) is 0 Å². The van der Waals surface area contributed by atoms with Gasteiger partial charge in [0, 0.05) is 23.4 Å². The van der Waals surface area contributed by atoms with Crippen LogP contribution in [0.25, 0.3) is 11.3 Å². The number of nitrogens with zero attached hydrogens (tertiary/aromatic N) is 1. The summed E-state index contributed by atoms with van der Waals surface area (Å²) in [5.41, 5.74) is 9.70. The molecule has 138 valence electrons. The minimum atomic E-state index is -0.575. The Hall–Kier alpha value is -2.87. The normalized spacial score (nSPS) is 17.3. The highest BCUT2D eigenvalue weighted by Crippen LogP contribution is 2.33. The van der Waals surface area contributed by atoms with Crippen LogP contribution in [0.5, 0.6) is 0 Å². The molecule has 2 heterocycles. The van der Waals surface area contributed by atoms with Gasteiger partial charge in [-0.15, -0.1) is 0 Å². The number of fused-ring (bicyclic) bond motifs is 4. The van der Waals surface area contributed by atoms with Crippen LogP contribution in [0.1, 0.15) is 43.2 Å². The summed E-state index contributed by atoms with van der Waals surface area (Å²) in [6, 6.07) is 5.06. The van der Waals surface area contributed by atoms with E-state index in [4.69, 9.17) is 5.73 Å². The number of hydrogen-bond acceptors (Lipinski definition) is 5. The monoisotopic (exact) mass is 357 g/mol. The molecule has 0 aliphatic carbocycles. The molecule has 1 aromatic carbocycles. The molecule has 0 radical (unpaired) electrons. The van der Waals surface area contributed by atoms with E-state index in [2.05, 4.69) is 25.3 Å². The second-order valence-corrected chi connectivity index (χ2v) is 6.37. The van der Waals surface area contributed by atoms with Crippen LogP contribution >= 0.6 is 0 Å². The molecule has 5 N–H and O–H groups in total. The highest BCUT2D eigenvalue weighted by atomic mass is 16.5. The van der Waals surface area contributed by atoms with Crippen molar-refractivity contribution in [2.75, 3.05) is 17.7 Å². The molecule has 3 rings (SSSR count). The average Bonchev–Trinajstić information content (AvgIpc) is 2.99. The van der Waals surface area contributed by atoms with E-state index < -0.39 is 6.09 Å². The van der Waals surface area contributed by atoms with Gasteiger partial charge >= 0.3 is 6.09 Å². The first-order valence-corrected chi connectivity index (χ1v) is 8.59. The Morgan fingerprint density at radius 1 is 1.38 bits per heavy atom. The highest BCUT2D eigenvalue weighted by Gasteiger charge is 2.19. The second kappa shape index (κ2) is 7.57. The number of nitrogens with one attached hydrogen (secondary N) is 3. The maximum atomic E-state index is 12.3. The van der Waals surface area contributed by atoms with Crippen LogP contribution in [0, 0.1) is 6.92 Å². The van der Waals surface area contributed by atoms with Crippen LogP contribution in [-0.4, -0.2) is 29.1 Å². The van der Waals surface area contributed by atoms with E-state index in [0.29, 0.717) is 17.8 Å². The molecule has 2 amide bonds. The number of methoxy groups -OCH3 is 1. The molecule has 1 atom stereocenters. The van der Waals surface area contributed by atoms with E-state index in [0.717, 1.165) is 42.0 Å². The zero-order valence-corrected chi connectivity index (χ0v) is 14.9. The van der Waals surface area contributed by atoms with Crippen LogP contribution in [-0.2, 0) is 9.53 Å². The third-order valence-electron chi connectivity index (χ3n) is 4.40. The predicted octanol–water partition coefficient (Wildman–Crippen LogP) is 3.08. The molecule has 1 aliphatic heterocycles. The van der Waals surface area contributed by atoms with Gasteiger partial charge in [-0.05, 0) is 38.0 Å². The molecule has 2 bridgehead atoms. The van der Waals surface area contributed by atoms with Crippen molar-refractivity contribution in [1.29, 1.82) is 0 Å². The lowest BCUT2D eigenvalue weighted by atomic mass is 10.1. The summed E-state index contributed by atoms with van der Waals surface area (Å²) in [7, 11) is 1.29. The van der Waals surface area contributed by atoms with Gasteiger partial charge in [0.25, 0.3) is 0 Å². The number of H-pyrrole nitrogens is 1. The number of carbonyl (C=O) groups excluding carboxylic acids is 2. The number of aromatic amines is 1. The minimum Gasteiger partial charge on any atom is -0.453 e. The van der Waals surface area contributed by atoms with Gasteiger partial charge in [-0.1, -0.05) is 6.42 Å². The van der Waals surface area contributed by atoms with E-state index in [9.17, 15) is 9.59 Å².